The normalized spacial score (nSPS) is 14.7. The summed E-state index contributed by atoms with van der Waals surface area (Å²) in [6.45, 7) is 0. The first-order valence-electron chi connectivity index (χ1n) is 6.51. The molecule has 0 amide bonds. The Balaban J connectivity index is 1.76. The Morgan fingerprint density at radius 3 is 2.90 bits per heavy atom. The fourth-order valence-electron chi connectivity index (χ4n) is 2.27. The number of halogens is 1. The summed E-state index contributed by atoms with van der Waals surface area (Å²) in [4.78, 5) is 13.1. The molecule has 0 radical (unpaired) electrons. The topological polar surface area (TPSA) is 55.6 Å². The third-order valence-electron chi connectivity index (χ3n) is 3.39. The minimum absolute atomic E-state index is 0.550. The maximum Gasteiger partial charge on any atom is 0.165 e. The number of aromatic nitrogens is 4. The van der Waals surface area contributed by atoms with Gasteiger partial charge in [0.05, 0.1) is 6.33 Å². The SMILES string of the molecule is Clc1cccc(Nc2ncnc3c2ncn3C2CC2)c1. The lowest BCUT2D eigenvalue weighted by Gasteiger charge is -2.06. The zero-order chi connectivity index (χ0) is 13.5. The Morgan fingerprint density at radius 2 is 2.10 bits per heavy atom. The van der Waals surface area contributed by atoms with Crippen LogP contribution in [0.4, 0.5) is 11.5 Å². The van der Waals surface area contributed by atoms with E-state index in [1.165, 1.54) is 12.8 Å². The number of hydrogen-bond donors (Lipinski definition) is 1. The molecular formula is C14H12ClN5. The molecule has 0 unspecified atom stereocenters. The van der Waals surface area contributed by atoms with E-state index in [-0.39, 0.29) is 0 Å². The van der Waals surface area contributed by atoms with Crippen LogP contribution in [0.1, 0.15) is 18.9 Å². The maximum atomic E-state index is 5.99. The summed E-state index contributed by atoms with van der Waals surface area (Å²) < 4.78 is 2.13. The van der Waals surface area contributed by atoms with Crippen LogP contribution in [0.15, 0.2) is 36.9 Å². The number of nitrogens with one attached hydrogen (secondary N) is 1. The average Bonchev–Trinajstić information content (AvgIpc) is 3.19. The van der Waals surface area contributed by atoms with E-state index in [2.05, 4.69) is 24.8 Å². The van der Waals surface area contributed by atoms with Crippen LogP contribution < -0.4 is 5.32 Å². The van der Waals surface area contributed by atoms with E-state index >= 15 is 0 Å². The number of hydrogen-bond acceptors (Lipinski definition) is 4. The van der Waals surface area contributed by atoms with E-state index in [9.17, 15) is 0 Å². The number of fused-ring (bicyclic) bond motifs is 1. The minimum atomic E-state index is 0.550. The van der Waals surface area contributed by atoms with Gasteiger partial charge in [0.1, 0.15) is 6.33 Å². The minimum Gasteiger partial charge on any atom is -0.338 e. The average molecular weight is 286 g/mol. The summed E-state index contributed by atoms with van der Waals surface area (Å²) in [7, 11) is 0. The zero-order valence-electron chi connectivity index (χ0n) is 10.6. The zero-order valence-corrected chi connectivity index (χ0v) is 11.4. The first-order valence-corrected chi connectivity index (χ1v) is 6.89. The first-order chi connectivity index (χ1) is 9.81. The number of rotatable bonds is 3. The molecule has 20 heavy (non-hydrogen) atoms. The Bertz CT molecular complexity index is 778. The molecule has 5 nitrogen and oxygen atoms in total. The molecule has 3 aromatic rings. The predicted octanol–water partition coefficient (Wildman–Crippen LogP) is 3.56. The second-order valence-electron chi connectivity index (χ2n) is 4.91. The van der Waals surface area contributed by atoms with Crippen molar-refractivity contribution in [3.8, 4) is 0 Å². The van der Waals surface area contributed by atoms with Crippen LogP contribution in [-0.2, 0) is 0 Å². The van der Waals surface area contributed by atoms with E-state index in [4.69, 9.17) is 11.6 Å². The van der Waals surface area contributed by atoms with Gasteiger partial charge in [-0.2, -0.15) is 0 Å². The number of imidazole rings is 1. The highest BCUT2D eigenvalue weighted by Gasteiger charge is 2.26. The number of anilines is 2. The van der Waals surface area contributed by atoms with Crippen LogP contribution >= 0.6 is 11.6 Å². The van der Waals surface area contributed by atoms with Gasteiger partial charge in [-0.05, 0) is 31.0 Å². The van der Waals surface area contributed by atoms with Crippen molar-refractivity contribution in [1.82, 2.24) is 19.5 Å². The van der Waals surface area contributed by atoms with Gasteiger partial charge in [0.2, 0.25) is 0 Å². The van der Waals surface area contributed by atoms with Crippen molar-refractivity contribution in [2.75, 3.05) is 5.32 Å². The Morgan fingerprint density at radius 1 is 1.20 bits per heavy atom. The molecule has 1 aromatic carbocycles. The highest BCUT2D eigenvalue weighted by atomic mass is 35.5. The van der Waals surface area contributed by atoms with Crippen molar-refractivity contribution in [2.45, 2.75) is 18.9 Å². The van der Waals surface area contributed by atoms with Crippen molar-refractivity contribution in [3.63, 3.8) is 0 Å². The Kier molecular flexibility index (Phi) is 2.60. The first kappa shape index (κ1) is 11.7. The molecule has 100 valence electrons. The quantitative estimate of drug-likeness (QED) is 0.799. The van der Waals surface area contributed by atoms with Gasteiger partial charge in [0.25, 0.3) is 0 Å². The van der Waals surface area contributed by atoms with Crippen molar-refractivity contribution in [2.24, 2.45) is 0 Å². The molecule has 1 fully saturated rings. The monoisotopic (exact) mass is 285 g/mol. The third kappa shape index (κ3) is 2.00. The van der Waals surface area contributed by atoms with Crippen LogP contribution in [0, 0.1) is 0 Å². The number of benzene rings is 1. The van der Waals surface area contributed by atoms with Crippen molar-refractivity contribution >= 4 is 34.3 Å². The Labute approximate surface area is 120 Å². The molecular weight excluding hydrogens is 274 g/mol. The van der Waals surface area contributed by atoms with Crippen LogP contribution in [0.3, 0.4) is 0 Å². The largest absolute Gasteiger partial charge is 0.338 e. The van der Waals surface area contributed by atoms with Gasteiger partial charge < -0.3 is 9.88 Å². The summed E-state index contributed by atoms with van der Waals surface area (Å²) in [6.07, 6.45) is 5.81. The van der Waals surface area contributed by atoms with Crippen molar-refractivity contribution in [1.29, 1.82) is 0 Å². The van der Waals surface area contributed by atoms with Crippen molar-refractivity contribution in [3.05, 3.63) is 41.9 Å². The molecule has 0 bridgehead atoms. The summed E-state index contributed by atoms with van der Waals surface area (Å²) in [6, 6.07) is 8.08. The summed E-state index contributed by atoms with van der Waals surface area (Å²) in [5.74, 6) is 0.705. The maximum absolute atomic E-state index is 5.99. The molecule has 1 aliphatic rings. The molecule has 0 saturated heterocycles. The van der Waals surface area contributed by atoms with E-state index in [0.717, 1.165) is 16.9 Å². The molecule has 6 heteroatoms. The lowest BCUT2D eigenvalue weighted by molar-refractivity contribution is 0.756. The Hall–Kier alpha value is -2.14. The molecule has 0 aliphatic heterocycles. The summed E-state index contributed by atoms with van der Waals surface area (Å²) in [5, 5.41) is 3.93. The van der Waals surface area contributed by atoms with E-state index < -0.39 is 0 Å². The van der Waals surface area contributed by atoms with Gasteiger partial charge in [-0.15, -0.1) is 0 Å². The highest BCUT2D eigenvalue weighted by molar-refractivity contribution is 6.30. The second-order valence-corrected chi connectivity index (χ2v) is 5.35. The third-order valence-corrected chi connectivity index (χ3v) is 3.62. The molecule has 1 aliphatic carbocycles. The molecule has 4 rings (SSSR count). The standard InChI is InChI=1S/C14H12ClN5/c15-9-2-1-3-10(6-9)19-13-12-14(17-7-16-13)20(8-18-12)11-4-5-11/h1-3,6-8,11H,4-5H2,(H,16,17,19). The molecule has 1 saturated carbocycles. The number of nitrogens with zero attached hydrogens (tertiary/aromatic N) is 4. The van der Waals surface area contributed by atoms with Gasteiger partial charge in [0, 0.05) is 16.8 Å². The van der Waals surface area contributed by atoms with Gasteiger partial charge in [-0.25, -0.2) is 15.0 Å². The summed E-state index contributed by atoms with van der Waals surface area (Å²) >= 11 is 5.99. The molecule has 0 spiro atoms. The van der Waals surface area contributed by atoms with Gasteiger partial charge >= 0.3 is 0 Å². The lowest BCUT2D eigenvalue weighted by Crippen LogP contribution is -1.98. The van der Waals surface area contributed by atoms with E-state index in [0.29, 0.717) is 16.9 Å². The summed E-state index contributed by atoms with van der Waals surface area (Å²) in [5.41, 5.74) is 2.56. The lowest BCUT2D eigenvalue weighted by atomic mass is 10.3. The van der Waals surface area contributed by atoms with Crippen LogP contribution in [0.5, 0.6) is 0 Å². The smallest absolute Gasteiger partial charge is 0.165 e. The molecule has 1 N–H and O–H groups in total. The molecule has 2 heterocycles. The fourth-order valence-corrected chi connectivity index (χ4v) is 2.46. The predicted molar refractivity (Wildman–Crippen MR) is 78.3 cm³/mol. The van der Waals surface area contributed by atoms with Gasteiger partial charge in [-0.3, -0.25) is 0 Å². The second kappa shape index (κ2) is 4.45. The van der Waals surface area contributed by atoms with Crippen LogP contribution in [-0.4, -0.2) is 19.5 Å². The van der Waals surface area contributed by atoms with E-state index in [1.807, 2.05) is 30.6 Å². The molecule has 2 aromatic heterocycles. The fraction of sp³-hybridized carbons (Fsp3) is 0.214. The molecule has 0 atom stereocenters. The van der Waals surface area contributed by atoms with Gasteiger partial charge in [-0.1, -0.05) is 17.7 Å². The van der Waals surface area contributed by atoms with Crippen molar-refractivity contribution < 1.29 is 0 Å². The van der Waals surface area contributed by atoms with Crippen LogP contribution in [0.25, 0.3) is 11.2 Å². The van der Waals surface area contributed by atoms with Gasteiger partial charge in [0.15, 0.2) is 17.0 Å². The highest BCUT2D eigenvalue weighted by Crippen LogP contribution is 2.37. The van der Waals surface area contributed by atoms with Crippen LogP contribution in [0.2, 0.25) is 5.02 Å². The van der Waals surface area contributed by atoms with E-state index in [1.54, 1.807) is 6.33 Å².